The number of hydrogen-bond acceptors (Lipinski definition) is 6. The molecule has 0 atom stereocenters. The van der Waals surface area contributed by atoms with Crippen molar-refractivity contribution in [2.24, 2.45) is 0 Å². The van der Waals surface area contributed by atoms with Gasteiger partial charge in [0.2, 0.25) is 0 Å². The first-order valence-corrected chi connectivity index (χ1v) is 12.8. The molecule has 194 valence electrons. The number of anilines is 2. The molecule has 0 fully saturated rings. The van der Waals surface area contributed by atoms with E-state index in [2.05, 4.69) is 67.6 Å². The van der Waals surface area contributed by atoms with Gasteiger partial charge in [0.05, 0.1) is 19.2 Å². The van der Waals surface area contributed by atoms with Crippen LogP contribution in [-0.2, 0) is 5.41 Å². The molecule has 2 N–H and O–H groups in total. The van der Waals surface area contributed by atoms with Crippen molar-refractivity contribution in [3.63, 3.8) is 0 Å². The number of fused-ring (bicyclic) bond motifs is 1. The van der Waals surface area contributed by atoms with E-state index in [-0.39, 0.29) is 5.41 Å². The fourth-order valence-electron chi connectivity index (χ4n) is 4.00. The van der Waals surface area contributed by atoms with Gasteiger partial charge >= 0.3 is 0 Å². The predicted octanol–water partition coefficient (Wildman–Crippen LogP) is 7.46. The smallest absolute Gasteiger partial charge is 0.163 e. The Morgan fingerprint density at radius 1 is 0.838 bits per heavy atom. The number of hydrogen-bond donors (Lipinski definition) is 2. The summed E-state index contributed by atoms with van der Waals surface area (Å²) >= 11 is 0. The third kappa shape index (κ3) is 6.92. The first kappa shape index (κ1) is 26.3. The summed E-state index contributed by atoms with van der Waals surface area (Å²) in [6.07, 6.45) is 2.66. The van der Waals surface area contributed by atoms with E-state index in [0.717, 1.165) is 47.5 Å². The van der Waals surface area contributed by atoms with Crippen LogP contribution in [0.4, 0.5) is 11.4 Å². The molecular weight excluding hydrogens is 462 g/mol. The van der Waals surface area contributed by atoms with Crippen molar-refractivity contribution >= 4 is 22.3 Å². The summed E-state index contributed by atoms with van der Waals surface area (Å²) in [6.45, 7) is 11.2. The molecule has 0 radical (unpaired) electrons. The molecule has 0 saturated heterocycles. The highest BCUT2D eigenvalue weighted by atomic mass is 16.5. The van der Waals surface area contributed by atoms with Crippen LogP contribution >= 0.6 is 0 Å². The summed E-state index contributed by atoms with van der Waals surface area (Å²) in [7, 11) is 1.64. The average molecular weight is 500 g/mol. The zero-order chi connectivity index (χ0) is 26.3. The Balaban J connectivity index is 1.46. The van der Waals surface area contributed by atoms with Gasteiger partial charge in [0.25, 0.3) is 0 Å². The van der Waals surface area contributed by atoms with Gasteiger partial charge in [-0.3, -0.25) is 4.98 Å². The number of nitrogens with zero attached hydrogens (tertiary/aromatic N) is 1. The zero-order valence-electron chi connectivity index (χ0n) is 22.4. The maximum absolute atomic E-state index is 6.24. The second kappa shape index (κ2) is 12.0. The number of ether oxygens (including phenoxy) is 3. The standard InChI is InChI=1S/C31H37N3O3/c1-6-32-17-7-19-36-30-21-27-26(20-29(30)35-5)28(16-18-33-27)37-25-14-12-24(13-15-25)34-23-10-8-22(9-11-23)31(2,3)4/h8-16,18,20-21,32,34H,6-7,17,19H2,1-5H3. The molecule has 0 aliphatic carbocycles. The van der Waals surface area contributed by atoms with Crippen molar-refractivity contribution in [1.29, 1.82) is 0 Å². The molecule has 1 heterocycles. The van der Waals surface area contributed by atoms with Gasteiger partial charge in [0.1, 0.15) is 11.5 Å². The van der Waals surface area contributed by atoms with Crippen molar-refractivity contribution in [2.45, 2.75) is 39.5 Å². The molecule has 6 nitrogen and oxygen atoms in total. The molecule has 0 amide bonds. The second-order valence-electron chi connectivity index (χ2n) is 9.96. The van der Waals surface area contributed by atoms with Crippen LogP contribution in [0.2, 0.25) is 0 Å². The maximum Gasteiger partial charge on any atom is 0.163 e. The summed E-state index contributed by atoms with van der Waals surface area (Å²) in [5, 5.41) is 7.62. The van der Waals surface area contributed by atoms with Crippen LogP contribution in [0.1, 0.15) is 39.7 Å². The highest BCUT2D eigenvalue weighted by molar-refractivity contribution is 5.88. The van der Waals surface area contributed by atoms with Gasteiger partial charge < -0.3 is 24.8 Å². The largest absolute Gasteiger partial charge is 0.493 e. The Bertz CT molecular complexity index is 1300. The number of rotatable bonds is 11. The molecule has 0 aliphatic heterocycles. The zero-order valence-corrected chi connectivity index (χ0v) is 22.4. The number of nitrogens with one attached hydrogen (secondary N) is 2. The van der Waals surface area contributed by atoms with Crippen molar-refractivity contribution in [1.82, 2.24) is 10.3 Å². The Hall–Kier alpha value is -3.77. The Morgan fingerprint density at radius 3 is 2.19 bits per heavy atom. The lowest BCUT2D eigenvalue weighted by Crippen LogP contribution is -2.16. The quantitative estimate of drug-likeness (QED) is 0.209. The van der Waals surface area contributed by atoms with Gasteiger partial charge in [-0.2, -0.15) is 0 Å². The molecule has 4 rings (SSSR count). The summed E-state index contributed by atoms with van der Waals surface area (Å²) in [4.78, 5) is 4.52. The van der Waals surface area contributed by atoms with Gasteiger partial charge in [-0.25, -0.2) is 0 Å². The monoisotopic (exact) mass is 499 g/mol. The molecule has 0 saturated carbocycles. The number of pyridine rings is 1. The van der Waals surface area contributed by atoms with E-state index in [1.54, 1.807) is 13.3 Å². The third-order valence-electron chi connectivity index (χ3n) is 6.11. The summed E-state index contributed by atoms with van der Waals surface area (Å²) in [6, 6.07) is 22.2. The molecule has 0 aliphatic rings. The fourth-order valence-corrected chi connectivity index (χ4v) is 4.00. The van der Waals surface area contributed by atoms with Gasteiger partial charge in [-0.05, 0) is 79.0 Å². The first-order chi connectivity index (χ1) is 17.9. The highest BCUT2D eigenvalue weighted by Crippen LogP contribution is 2.37. The van der Waals surface area contributed by atoms with E-state index in [1.807, 2.05) is 42.5 Å². The number of benzene rings is 3. The van der Waals surface area contributed by atoms with Gasteiger partial charge in [-0.15, -0.1) is 0 Å². The number of methoxy groups -OCH3 is 1. The van der Waals surface area contributed by atoms with Gasteiger partial charge in [0, 0.05) is 29.0 Å². The minimum atomic E-state index is 0.138. The van der Waals surface area contributed by atoms with Crippen molar-refractivity contribution < 1.29 is 14.2 Å². The summed E-state index contributed by atoms with van der Waals surface area (Å²) in [5.74, 6) is 2.79. The first-order valence-electron chi connectivity index (χ1n) is 12.8. The molecular formula is C31H37N3O3. The minimum Gasteiger partial charge on any atom is -0.493 e. The molecule has 0 unspecified atom stereocenters. The predicted molar refractivity (Wildman–Crippen MR) is 152 cm³/mol. The molecule has 1 aromatic heterocycles. The second-order valence-corrected chi connectivity index (χ2v) is 9.96. The van der Waals surface area contributed by atoms with Crippen molar-refractivity contribution in [2.75, 3.05) is 32.1 Å². The summed E-state index contributed by atoms with van der Waals surface area (Å²) < 4.78 is 17.8. The lowest BCUT2D eigenvalue weighted by atomic mass is 9.87. The molecule has 4 aromatic rings. The lowest BCUT2D eigenvalue weighted by molar-refractivity contribution is 0.288. The topological polar surface area (TPSA) is 64.6 Å². The van der Waals surface area contributed by atoms with E-state index in [4.69, 9.17) is 14.2 Å². The summed E-state index contributed by atoms with van der Waals surface area (Å²) in [5.41, 5.74) is 4.28. The van der Waals surface area contributed by atoms with E-state index < -0.39 is 0 Å². The van der Waals surface area contributed by atoms with E-state index in [0.29, 0.717) is 23.9 Å². The SMILES string of the molecule is CCNCCCOc1cc2nccc(Oc3ccc(Nc4ccc(C(C)(C)C)cc4)cc3)c2cc1OC. The van der Waals surface area contributed by atoms with Crippen molar-refractivity contribution in [3.05, 3.63) is 78.5 Å². The highest BCUT2D eigenvalue weighted by Gasteiger charge is 2.14. The fraction of sp³-hybridized carbons (Fsp3) is 0.323. The van der Waals surface area contributed by atoms with E-state index >= 15 is 0 Å². The van der Waals surface area contributed by atoms with E-state index in [1.165, 1.54) is 5.56 Å². The van der Waals surface area contributed by atoms with E-state index in [9.17, 15) is 0 Å². The molecule has 6 heteroatoms. The molecule has 3 aromatic carbocycles. The van der Waals surface area contributed by atoms with Crippen LogP contribution in [0.3, 0.4) is 0 Å². The third-order valence-corrected chi connectivity index (χ3v) is 6.11. The van der Waals surface area contributed by atoms with Crippen LogP contribution < -0.4 is 24.8 Å². The van der Waals surface area contributed by atoms with Gasteiger partial charge in [-0.1, -0.05) is 39.8 Å². The minimum absolute atomic E-state index is 0.138. The normalized spacial score (nSPS) is 11.4. The molecule has 0 spiro atoms. The van der Waals surface area contributed by atoms with Crippen LogP contribution in [0.25, 0.3) is 10.9 Å². The average Bonchev–Trinajstić information content (AvgIpc) is 2.89. The Morgan fingerprint density at radius 2 is 1.54 bits per heavy atom. The van der Waals surface area contributed by atoms with Gasteiger partial charge in [0.15, 0.2) is 11.5 Å². The Kier molecular flexibility index (Phi) is 8.51. The van der Waals surface area contributed by atoms with Crippen LogP contribution in [-0.4, -0.2) is 31.8 Å². The lowest BCUT2D eigenvalue weighted by Gasteiger charge is -2.19. The van der Waals surface area contributed by atoms with Crippen molar-refractivity contribution in [3.8, 4) is 23.0 Å². The molecule has 37 heavy (non-hydrogen) atoms. The number of aromatic nitrogens is 1. The van der Waals surface area contributed by atoms with Crippen LogP contribution in [0, 0.1) is 0 Å². The van der Waals surface area contributed by atoms with Crippen LogP contribution in [0.5, 0.6) is 23.0 Å². The maximum atomic E-state index is 6.24. The Labute approximate surface area is 220 Å². The molecule has 0 bridgehead atoms. The van der Waals surface area contributed by atoms with Crippen LogP contribution in [0.15, 0.2) is 72.9 Å².